The van der Waals surface area contributed by atoms with E-state index in [1.165, 1.54) is 35.2 Å². The van der Waals surface area contributed by atoms with Crippen molar-refractivity contribution in [3.05, 3.63) is 80.4 Å². The third-order valence-corrected chi connectivity index (χ3v) is 4.04. The SMILES string of the molecule is Cc1[nH]n(-c2ccc(F)cc2)c(=O)c1C=Nc1ccc2[nH]c(=O)[nH]c2c1. The Balaban J connectivity index is 1.71. The van der Waals surface area contributed by atoms with Gasteiger partial charge in [0.15, 0.2) is 0 Å². The second-order valence-corrected chi connectivity index (χ2v) is 5.83. The van der Waals surface area contributed by atoms with Crippen LogP contribution in [0.5, 0.6) is 0 Å². The van der Waals surface area contributed by atoms with Crippen molar-refractivity contribution in [2.24, 2.45) is 4.99 Å². The van der Waals surface area contributed by atoms with Gasteiger partial charge in [-0.25, -0.2) is 13.9 Å². The zero-order chi connectivity index (χ0) is 18.3. The number of benzene rings is 2. The Labute approximate surface area is 145 Å². The molecule has 2 heterocycles. The lowest BCUT2D eigenvalue weighted by Crippen LogP contribution is -2.17. The number of hydrogen-bond acceptors (Lipinski definition) is 3. The predicted molar refractivity (Wildman–Crippen MR) is 97.3 cm³/mol. The summed E-state index contributed by atoms with van der Waals surface area (Å²) in [4.78, 5) is 33.6. The average molecular weight is 351 g/mol. The fourth-order valence-electron chi connectivity index (χ4n) is 2.72. The van der Waals surface area contributed by atoms with Gasteiger partial charge < -0.3 is 9.97 Å². The number of nitrogens with zero attached hydrogens (tertiary/aromatic N) is 2. The van der Waals surface area contributed by atoms with E-state index in [0.29, 0.717) is 33.7 Å². The minimum absolute atomic E-state index is 0.283. The molecule has 0 spiro atoms. The van der Waals surface area contributed by atoms with Crippen LogP contribution in [0.25, 0.3) is 16.7 Å². The lowest BCUT2D eigenvalue weighted by atomic mass is 10.2. The first-order chi connectivity index (χ1) is 12.5. The zero-order valence-corrected chi connectivity index (χ0v) is 13.7. The van der Waals surface area contributed by atoms with E-state index in [1.54, 1.807) is 25.1 Å². The molecule has 26 heavy (non-hydrogen) atoms. The molecule has 130 valence electrons. The van der Waals surface area contributed by atoms with Crippen molar-refractivity contribution in [3.63, 3.8) is 0 Å². The Morgan fingerprint density at radius 3 is 2.54 bits per heavy atom. The molecule has 0 bridgehead atoms. The fraction of sp³-hybridized carbons (Fsp3) is 0.0556. The van der Waals surface area contributed by atoms with Crippen molar-refractivity contribution >= 4 is 22.9 Å². The lowest BCUT2D eigenvalue weighted by molar-refractivity contribution is 0.627. The first-order valence-corrected chi connectivity index (χ1v) is 7.85. The molecule has 0 saturated heterocycles. The Kier molecular flexibility index (Phi) is 3.65. The predicted octanol–water partition coefficient (Wildman–Crippen LogP) is 2.53. The van der Waals surface area contributed by atoms with E-state index in [0.717, 1.165) is 0 Å². The number of aromatic nitrogens is 4. The van der Waals surface area contributed by atoms with Crippen LogP contribution < -0.4 is 11.2 Å². The van der Waals surface area contributed by atoms with Crippen LogP contribution in [0, 0.1) is 12.7 Å². The molecule has 0 saturated carbocycles. The standard InChI is InChI=1S/C18H14FN5O2/c1-10-14(17(25)24(23-10)13-5-2-11(19)3-6-13)9-20-12-4-7-15-16(8-12)22-18(26)21-15/h2-9,23H,1H3,(H2,21,22,26). The van der Waals surface area contributed by atoms with Gasteiger partial charge in [-0.15, -0.1) is 0 Å². The molecule has 2 aromatic carbocycles. The minimum Gasteiger partial charge on any atom is -0.306 e. The topological polar surface area (TPSA) is 98.8 Å². The van der Waals surface area contributed by atoms with E-state index in [4.69, 9.17) is 0 Å². The van der Waals surface area contributed by atoms with Gasteiger partial charge in [-0.05, 0) is 49.4 Å². The third kappa shape index (κ3) is 2.77. The molecule has 0 amide bonds. The minimum atomic E-state index is -0.370. The normalized spacial score (nSPS) is 11.6. The number of fused-ring (bicyclic) bond motifs is 1. The van der Waals surface area contributed by atoms with Crippen molar-refractivity contribution in [1.29, 1.82) is 0 Å². The van der Waals surface area contributed by atoms with Gasteiger partial charge in [0.25, 0.3) is 5.56 Å². The van der Waals surface area contributed by atoms with Crippen LogP contribution in [0.1, 0.15) is 11.3 Å². The Hall–Kier alpha value is -3.68. The van der Waals surface area contributed by atoms with E-state index in [9.17, 15) is 14.0 Å². The van der Waals surface area contributed by atoms with Gasteiger partial charge >= 0.3 is 5.69 Å². The summed E-state index contributed by atoms with van der Waals surface area (Å²) in [6, 6.07) is 10.8. The maximum absolute atomic E-state index is 13.1. The second-order valence-electron chi connectivity index (χ2n) is 5.83. The van der Waals surface area contributed by atoms with E-state index < -0.39 is 0 Å². The number of aryl methyl sites for hydroxylation is 1. The summed E-state index contributed by atoms with van der Waals surface area (Å²) in [6.45, 7) is 1.76. The molecule has 0 aliphatic heterocycles. The van der Waals surface area contributed by atoms with Gasteiger partial charge in [-0.3, -0.25) is 14.9 Å². The summed E-state index contributed by atoms with van der Waals surface area (Å²) in [5.41, 5.74) is 2.92. The maximum atomic E-state index is 13.1. The van der Waals surface area contributed by atoms with Crippen molar-refractivity contribution in [2.45, 2.75) is 6.92 Å². The van der Waals surface area contributed by atoms with Gasteiger partial charge in [0, 0.05) is 11.9 Å². The summed E-state index contributed by atoms with van der Waals surface area (Å²) in [5.74, 6) is -0.370. The number of H-pyrrole nitrogens is 3. The fourth-order valence-corrected chi connectivity index (χ4v) is 2.72. The maximum Gasteiger partial charge on any atom is 0.323 e. The summed E-state index contributed by atoms with van der Waals surface area (Å²) in [5, 5.41) is 2.96. The van der Waals surface area contributed by atoms with E-state index in [-0.39, 0.29) is 17.1 Å². The molecule has 0 unspecified atom stereocenters. The third-order valence-electron chi connectivity index (χ3n) is 4.04. The van der Waals surface area contributed by atoms with E-state index in [2.05, 4.69) is 20.1 Å². The molecule has 4 rings (SSSR count). The monoisotopic (exact) mass is 351 g/mol. The Bertz CT molecular complexity index is 1240. The molecule has 0 fully saturated rings. The number of hydrogen-bond donors (Lipinski definition) is 3. The van der Waals surface area contributed by atoms with E-state index >= 15 is 0 Å². The Morgan fingerprint density at radius 2 is 1.77 bits per heavy atom. The summed E-state index contributed by atoms with van der Waals surface area (Å²) >= 11 is 0. The summed E-state index contributed by atoms with van der Waals surface area (Å²) in [6.07, 6.45) is 1.47. The van der Waals surface area contributed by atoms with Crippen molar-refractivity contribution in [1.82, 2.24) is 19.7 Å². The number of rotatable bonds is 3. The van der Waals surface area contributed by atoms with Gasteiger partial charge in [0.1, 0.15) is 5.82 Å². The molecule has 4 aromatic rings. The molecule has 0 aliphatic carbocycles. The molecule has 2 aromatic heterocycles. The van der Waals surface area contributed by atoms with Crippen LogP contribution in [0.4, 0.5) is 10.1 Å². The molecule has 0 aliphatic rings. The van der Waals surface area contributed by atoms with Crippen molar-refractivity contribution < 1.29 is 4.39 Å². The second kappa shape index (κ2) is 5.99. The number of imidazole rings is 1. The van der Waals surface area contributed by atoms with Gasteiger partial charge in [-0.2, -0.15) is 0 Å². The highest BCUT2D eigenvalue weighted by Gasteiger charge is 2.10. The van der Waals surface area contributed by atoms with Gasteiger partial charge in [0.2, 0.25) is 0 Å². The summed E-state index contributed by atoms with van der Waals surface area (Å²) < 4.78 is 14.4. The van der Waals surface area contributed by atoms with Crippen LogP contribution in [-0.2, 0) is 0 Å². The lowest BCUT2D eigenvalue weighted by Gasteiger charge is -2.00. The molecular formula is C18H14FN5O2. The first-order valence-electron chi connectivity index (χ1n) is 7.85. The van der Waals surface area contributed by atoms with Crippen LogP contribution >= 0.6 is 0 Å². The molecule has 0 atom stereocenters. The summed E-state index contributed by atoms with van der Waals surface area (Å²) in [7, 11) is 0. The highest BCUT2D eigenvalue weighted by Crippen LogP contribution is 2.17. The molecule has 7 nitrogen and oxygen atoms in total. The van der Waals surface area contributed by atoms with Crippen molar-refractivity contribution in [2.75, 3.05) is 0 Å². The zero-order valence-electron chi connectivity index (χ0n) is 13.7. The van der Waals surface area contributed by atoms with Crippen LogP contribution in [0.15, 0.2) is 57.0 Å². The molecule has 8 heteroatoms. The van der Waals surface area contributed by atoms with Gasteiger partial charge in [0.05, 0.1) is 28.0 Å². The van der Waals surface area contributed by atoms with Crippen LogP contribution in [-0.4, -0.2) is 26.0 Å². The number of aromatic amines is 3. The molecule has 3 N–H and O–H groups in total. The number of aliphatic imine (C=N–C) groups is 1. The Morgan fingerprint density at radius 1 is 1.04 bits per heavy atom. The first kappa shape index (κ1) is 15.8. The molecular weight excluding hydrogens is 337 g/mol. The van der Waals surface area contributed by atoms with Crippen LogP contribution in [0.2, 0.25) is 0 Å². The number of nitrogens with one attached hydrogen (secondary N) is 3. The van der Waals surface area contributed by atoms with Crippen molar-refractivity contribution in [3.8, 4) is 5.69 Å². The molecule has 0 radical (unpaired) electrons. The largest absolute Gasteiger partial charge is 0.323 e. The highest BCUT2D eigenvalue weighted by molar-refractivity contribution is 5.85. The smallest absolute Gasteiger partial charge is 0.306 e. The highest BCUT2D eigenvalue weighted by atomic mass is 19.1. The van der Waals surface area contributed by atoms with Crippen LogP contribution in [0.3, 0.4) is 0 Å². The average Bonchev–Trinajstić information content (AvgIpc) is 3.12. The van der Waals surface area contributed by atoms with E-state index in [1.807, 2.05) is 0 Å². The number of halogens is 1. The quantitative estimate of drug-likeness (QED) is 0.494. The van der Waals surface area contributed by atoms with Gasteiger partial charge in [-0.1, -0.05) is 0 Å².